The Balaban J connectivity index is 1.91. The Morgan fingerprint density at radius 3 is 2.30 bits per heavy atom. The highest BCUT2D eigenvalue weighted by atomic mass is 32.2. The monoisotopic (exact) mass is 469 g/mol. The second-order valence-electron chi connectivity index (χ2n) is 9.10. The van der Waals surface area contributed by atoms with Crippen LogP contribution in [0.3, 0.4) is 0 Å². The molecule has 33 heavy (non-hydrogen) atoms. The lowest BCUT2D eigenvalue weighted by Crippen LogP contribution is -2.47. The fraction of sp³-hybridized carbons (Fsp3) is 0.423. The number of amides is 1. The van der Waals surface area contributed by atoms with Crippen LogP contribution >= 0.6 is 0 Å². The Hall–Kier alpha value is -2.64. The van der Waals surface area contributed by atoms with Crippen molar-refractivity contribution in [3.63, 3.8) is 0 Å². The third-order valence-corrected chi connectivity index (χ3v) is 8.00. The Kier molecular flexibility index (Phi) is 7.97. The molecule has 2 aromatic carbocycles. The summed E-state index contributed by atoms with van der Waals surface area (Å²) in [6.07, 6.45) is 2.56. The largest absolute Gasteiger partial charge is 0.353 e. The molecule has 1 aromatic heterocycles. The zero-order chi connectivity index (χ0) is 24.2. The maximum atomic E-state index is 13.7. The molecule has 0 N–H and O–H groups in total. The van der Waals surface area contributed by atoms with E-state index in [1.807, 2.05) is 74.1 Å². The summed E-state index contributed by atoms with van der Waals surface area (Å²) in [7, 11) is -1.90. The van der Waals surface area contributed by atoms with Crippen molar-refractivity contribution in [2.75, 3.05) is 13.1 Å². The summed E-state index contributed by atoms with van der Waals surface area (Å²) in [5.41, 5.74) is 1.01. The minimum Gasteiger partial charge on any atom is -0.353 e. The van der Waals surface area contributed by atoms with Crippen molar-refractivity contribution in [1.82, 2.24) is 13.8 Å². The molecule has 1 amide bonds. The summed E-state index contributed by atoms with van der Waals surface area (Å²) < 4.78 is 30.7. The molecule has 0 saturated heterocycles. The highest BCUT2D eigenvalue weighted by molar-refractivity contribution is 7.89. The first kappa shape index (κ1) is 25.0. The number of aryl methyl sites for hydroxylation is 1. The fourth-order valence-electron chi connectivity index (χ4n) is 3.93. The van der Waals surface area contributed by atoms with Crippen LogP contribution in [0.25, 0.3) is 10.8 Å². The molecule has 0 bridgehead atoms. The predicted octanol–water partition coefficient (Wildman–Crippen LogP) is 4.65. The van der Waals surface area contributed by atoms with Crippen molar-refractivity contribution in [2.24, 2.45) is 13.0 Å². The third kappa shape index (κ3) is 5.84. The topological polar surface area (TPSA) is 62.6 Å². The van der Waals surface area contributed by atoms with Gasteiger partial charge in [0.1, 0.15) is 0 Å². The average Bonchev–Trinajstić information content (AvgIpc) is 3.19. The number of sulfonamides is 1. The molecule has 3 aromatic rings. The van der Waals surface area contributed by atoms with Gasteiger partial charge in [-0.1, -0.05) is 51.1 Å². The van der Waals surface area contributed by atoms with E-state index in [2.05, 4.69) is 13.8 Å². The third-order valence-electron chi connectivity index (χ3n) is 6.04. The lowest BCUT2D eigenvalue weighted by Gasteiger charge is -2.31. The van der Waals surface area contributed by atoms with E-state index in [1.54, 1.807) is 17.0 Å². The van der Waals surface area contributed by atoms with Gasteiger partial charge in [0.05, 0.1) is 18.0 Å². The quantitative estimate of drug-likeness (QED) is 0.434. The normalized spacial score (nSPS) is 13.1. The van der Waals surface area contributed by atoms with Gasteiger partial charge in [0.2, 0.25) is 15.9 Å². The van der Waals surface area contributed by atoms with Gasteiger partial charge in [-0.15, -0.1) is 0 Å². The molecule has 1 heterocycles. The van der Waals surface area contributed by atoms with E-state index < -0.39 is 10.0 Å². The van der Waals surface area contributed by atoms with Gasteiger partial charge in [-0.25, -0.2) is 8.42 Å². The van der Waals surface area contributed by atoms with E-state index in [9.17, 15) is 13.2 Å². The average molecular weight is 470 g/mol. The zero-order valence-electron chi connectivity index (χ0n) is 20.2. The molecule has 0 radical (unpaired) electrons. The number of fused-ring (bicyclic) bond motifs is 1. The Labute approximate surface area is 197 Å². The summed E-state index contributed by atoms with van der Waals surface area (Å²) in [4.78, 5) is 15.4. The standard InChI is InChI=1S/C26H35N3O3S/c1-6-21(4)29(33(31,32)25-14-13-22-10-7-8-11-23(22)16-25)19-26(30)28(17-20(2)3)18-24-12-9-15-27(24)5/h7-16,20-21H,6,17-19H2,1-5H3. The molecule has 0 spiro atoms. The number of hydrogen-bond donors (Lipinski definition) is 0. The first-order chi connectivity index (χ1) is 15.6. The molecule has 0 aliphatic heterocycles. The van der Waals surface area contributed by atoms with Crippen molar-refractivity contribution in [2.45, 2.75) is 51.6 Å². The summed E-state index contributed by atoms with van der Waals surface area (Å²) >= 11 is 0. The van der Waals surface area contributed by atoms with Crippen LogP contribution in [0.5, 0.6) is 0 Å². The molecule has 7 heteroatoms. The molecular weight excluding hydrogens is 434 g/mol. The molecule has 178 valence electrons. The van der Waals surface area contributed by atoms with Gasteiger partial charge >= 0.3 is 0 Å². The van der Waals surface area contributed by atoms with Crippen LogP contribution in [0, 0.1) is 5.92 Å². The highest BCUT2D eigenvalue weighted by Crippen LogP contribution is 2.24. The number of carbonyl (C=O) groups is 1. The van der Waals surface area contributed by atoms with Crippen molar-refractivity contribution >= 4 is 26.7 Å². The van der Waals surface area contributed by atoms with Crippen LogP contribution in [-0.4, -0.2) is 47.2 Å². The molecule has 6 nitrogen and oxygen atoms in total. The Morgan fingerprint density at radius 1 is 1.00 bits per heavy atom. The minimum absolute atomic E-state index is 0.179. The predicted molar refractivity (Wildman–Crippen MR) is 133 cm³/mol. The van der Waals surface area contributed by atoms with Gasteiger partial charge in [0.25, 0.3) is 0 Å². The second-order valence-corrected chi connectivity index (χ2v) is 11.0. The van der Waals surface area contributed by atoms with Crippen LogP contribution in [0.15, 0.2) is 65.7 Å². The molecule has 3 rings (SSSR count). The number of nitrogens with zero attached hydrogens (tertiary/aromatic N) is 3. The summed E-state index contributed by atoms with van der Waals surface area (Å²) in [5.74, 6) is 0.0814. The fourth-order valence-corrected chi connectivity index (χ4v) is 5.62. The van der Waals surface area contributed by atoms with Crippen LogP contribution in [-0.2, 0) is 28.4 Å². The minimum atomic E-state index is -3.85. The van der Waals surface area contributed by atoms with Gasteiger partial charge in [0.15, 0.2) is 0 Å². The molecule has 0 saturated carbocycles. The molecule has 1 unspecified atom stereocenters. The van der Waals surface area contributed by atoms with E-state index >= 15 is 0 Å². The van der Waals surface area contributed by atoms with Crippen molar-refractivity contribution in [1.29, 1.82) is 0 Å². The second kappa shape index (κ2) is 10.5. The highest BCUT2D eigenvalue weighted by Gasteiger charge is 2.32. The first-order valence-corrected chi connectivity index (χ1v) is 13.0. The van der Waals surface area contributed by atoms with E-state index in [0.29, 0.717) is 19.5 Å². The molecule has 1 atom stereocenters. The molecular formula is C26H35N3O3S. The summed E-state index contributed by atoms with van der Waals surface area (Å²) in [6.45, 7) is 8.75. The van der Waals surface area contributed by atoms with Crippen LogP contribution in [0.4, 0.5) is 0 Å². The van der Waals surface area contributed by atoms with Crippen LogP contribution in [0.2, 0.25) is 0 Å². The van der Waals surface area contributed by atoms with Gasteiger partial charge in [-0.3, -0.25) is 4.79 Å². The van der Waals surface area contributed by atoms with Crippen LogP contribution in [0.1, 0.15) is 39.8 Å². The molecule has 0 fully saturated rings. The number of rotatable bonds is 10. The number of benzene rings is 2. The first-order valence-electron chi connectivity index (χ1n) is 11.5. The molecule has 0 aliphatic rings. The zero-order valence-corrected chi connectivity index (χ0v) is 21.0. The van der Waals surface area contributed by atoms with E-state index in [4.69, 9.17) is 0 Å². The number of carbonyl (C=O) groups excluding carboxylic acids is 1. The maximum Gasteiger partial charge on any atom is 0.243 e. The lowest BCUT2D eigenvalue weighted by atomic mass is 10.1. The lowest BCUT2D eigenvalue weighted by molar-refractivity contribution is -0.133. The van der Waals surface area contributed by atoms with Gasteiger partial charge in [0, 0.05) is 31.5 Å². The molecule has 0 aliphatic carbocycles. The van der Waals surface area contributed by atoms with E-state index in [-0.39, 0.29) is 29.3 Å². The van der Waals surface area contributed by atoms with Crippen molar-refractivity contribution in [3.8, 4) is 0 Å². The van der Waals surface area contributed by atoms with E-state index in [1.165, 1.54) is 4.31 Å². The van der Waals surface area contributed by atoms with Gasteiger partial charge in [-0.05, 0) is 54.3 Å². The van der Waals surface area contributed by atoms with Gasteiger partial charge in [-0.2, -0.15) is 4.31 Å². The summed E-state index contributed by atoms with van der Waals surface area (Å²) in [5, 5.41) is 1.84. The number of hydrogen-bond acceptors (Lipinski definition) is 3. The maximum absolute atomic E-state index is 13.7. The SMILES string of the molecule is CCC(C)N(CC(=O)N(Cc1cccn1C)CC(C)C)S(=O)(=O)c1ccc2ccccc2c1. The summed E-state index contributed by atoms with van der Waals surface area (Å²) in [6, 6.07) is 16.4. The Morgan fingerprint density at radius 2 is 1.70 bits per heavy atom. The van der Waals surface area contributed by atoms with Crippen LogP contribution < -0.4 is 0 Å². The van der Waals surface area contributed by atoms with Gasteiger partial charge < -0.3 is 9.47 Å². The van der Waals surface area contributed by atoms with Crippen molar-refractivity contribution in [3.05, 3.63) is 66.5 Å². The Bertz CT molecular complexity index is 1200. The number of aromatic nitrogens is 1. The smallest absolute Gasteiger partial charge is 0.243 e. The van der Waals surface area contributed by atoms with E-state index in [0.717, 1.165) is 16.5 Å². The van der Waals surface area contributed by atoms with Crippen molar-refractivity contribution < 1.29 is 13.2 Å².